The Morgan fingerprint density at radius 1 is 1.00 bits per heavy atom. The third kappa shape index (κ3) is 4.18. The zero-order valence-electron chi connectivity index (χ0n) is 20.1. The molecule has 0 bridgehead atoms. The van der Waals surface area contributed by atoms with Crippen molar-refractivity contribution < 1.29 is 14.3 Å². The highest BCUT2D eigenvalue weighted by Gasteiger charge is 2.40. The number of halogens is 1. The summed E-state index contributed by atoms with van der Waals surface area (Å²) in [6.45, 7) is 2.81. The number of imide groups is 1. The molecular weight excluding hydrogens is 476 g/mol. The van der Waals surface area contributed by atoms with Gasteiger partial charge in [0.25, 0.3) is 0 Å². The number of amides is 2. The van der Waals surface area contributed by atoms with E-state index in [4.69, 9.17) is 4.74 Å². The Morgan fingerprint density at radius 2 is 1.81 bits per heavy atom. The molecule has 2 amide bonds. The first-order chi connectivity index (χ1) is 17.1. The molecule has 8 heteroatoms. The second kappa shape index (κ2) is 9.84. The van der Waals surface area contributed by atoms with Crippen molar-refractivity contribution in [3.63, 3.8) is 0 Å². The van der Waals surface area contributed by atoms with Crippen LogP contribution in [0.3, 0.4) is 0 Å². The Morgan fingerprint density at radius 3 is 2.61 bits per heavy atom. The van der Waals surface area contributed by atoms with Gasteiger partial charge in [0.15, 0.2) is 0 Å². The van der Waals surface area contributed by atoms with E-state index in [2.05, 4.69) is 33.2 Å². The number of aromatic amines is 2. The van der Waals surface area contributed by atoms with Crippen molar-refractivity contribution in [3.05, 3.63) is 72.1 Å². The summed E-state index contributed by atoms with van der Waals surface area (Å²) in [7, 11) is 1.68. The molecule has 2 N–H and O–H groups in total. The van der Waals surface area contributed by atoms with E-state index >= 15 is 0 Å². The lowest BCUT2D eigenvalue weighted by atomic mass is 9.97. The Kier molecular flexibility index (Phi) is 6.60. The average Bonchev–Trinajstić information content (AvgIpc) is 3.58. The van der Waals surface area contributed by atoms with Crippen molar-refractivity contribution in [1.29, 1.82) is 0 Å². The van der Waals surface area contributed by atoms with Crippen LogP contribution in [0.4, 0.5) is 0 Å². The molecule has 1 saturated heterocycles. The smallest absolute Gasteiger partial charge is 0.237 e. The molecule has 0 radical (unpaired) electrons. The van der Waals surface area contributed by atoms with Gasteiger partial charge in [0, 0.05) is 72.4 Å². The van der Waals surface area contributed by atoms with Crippen LogP contribution in [-0.4, -0.2) is 64.9 Å². The van der Waals surface area contributed by atoms with Gasteiger partial charge in [-0.1, -0.05) is 24.3 Å². The summed E-state index contributed by atoms with van der Waals surface area (Å²) in [5.41, 5.74) is 5.53. The summed E-state index contributed by atoms with van der Waals surface area (Å²) in [4.78, 5) is 36.2. The maximum atomic E-state index is 13.2. The van der Waals surface area contributed by atoms with Crippen LogP contribution in [0.15, 0.2) is 60.9 Å². The fraction of sp³-hybridized carbons (Fsp3) is 0.286. The molecule has 0 aliphatic carbocycles. The van der Waals surface area contributed by atoms with E-state index in [9.17, 15) is 9.59 Å². The summed E-state index contributed by atoms with van der Waals surface area (Å²) >= 11 is 0. The first-order valence-corrected chi connectivity index (χ1v) is 12.1. The van der Waals surface area contributed by atoms with Crippen LogP contribution in [0.1, 0.15) is 29.9 Å². The maximum absolute atomic E-state index is 13.2. The minimum absolute atomic E-state index is 0. The van der Waals surface area contributed by atoms with Gasteiger partial charge in [-0.3, -0.25) is 19.4 Å². The number of aromatic nitrogens is 2. The first kappa shape index (κ1) is 24.2. The third-order valence-electron chi connectivity index (χ3n) is 7.41. The van der Waals surface area contributed by atoms with Crippen LogP contribution < -0.4 is 4.74 Å². The predicted octanol–water partition coefficient (Wildman–Crippen LogP) is 4.71. The Bertz CT molecular complexity index is 1470. The lowest BCUT2D eigenvalue weighted by molar-refractivity contribution is -0.138. The number of hydrogen-bond acceptors (Lipinski definition) is 4. The van der Waals surface area contributed by atoms with Gasteiger partial charge in [-0.15, -0.1) is 12.4 Å². The molecular formula is C28H29ClN4O3. The number of likely N-dealkylation sites (tertiary alicyclic amines) is 1. The highest BCUT2D eigenvalue weighted by atomic mass is 35.5. The van der Waals surface area contributed by atoms with Crippen LogP contribution >= 0.6 is 12.4 Å². The second-order valence-corrected chi connectivity index (χ2v) is 9.32. The average molecular weight is 505 g/mol. The molecule has 2 aromatic heterocycles. The van der Waals surface area contributed by atoms with Crippen LogP contribution in [0.5, 0.6) is 5.75 Å². The number of carbonyl (C=O) groups is 2. The molecule has 186 valence electrons. The fourth-order valence-electron chi connectivity index (χ4n) is 5.44. The Labute approximate surface area is 215 Å². The summed E-state index contributed by atoms with van der Waals surface area (Å²) in [6, 6.07) is 14.0. The van der Waals surface area contributed by atoms with E-state index in [0.717, 1.165) is 47.2 Å². The molecule has 0 saturated carbocycles. The van der Waals surface area contributed by atoms with E-state index < -0.39 is 5.92 Å². The highest BCUT2D eigenvalue weighted by Crippen LogP contribution is 2.35. The zero-order valence-corrected chi connectivity index (χ0v) is 20.9. The number of benzene rings is 2. The van der Waals surface area contributed by atoms with Crippen LogP contribution in [0.25, 0.3) is 27.4 Å². The predicted molar refractivity (Wildman–Crippen MR) is 144 cm³/mol. The largest absolute Gasteiger partial charge is 0.497 e. The molecule has 2 aliphatic heterocycles. The number of hydrogen-bond donors (Lipinski definition) is 2. The lowest BCUT2D eigenvalue weighted by Gasteiger charge is -2.28. The second-order valence-electron chi connectivity index (χ2n) is 9.32. The molecule has 1 fully saturated rings. The molecule has 36 heavy (non-hydrogen) atoms. The molecule has 1 unspecified atom stereocenters. The van der Waals surface area contributed by atoms with Gasteiger partial charge >= 0.3 is 0 Å². The van der Waals surface area contributed by atoms with Crippen molar-refractivity contribution in [2.75, 3.05) is 33.3 Å². The summed E-state index contributed by atoms with van der Waals surface area (Å²) in [6.07, 6.45) is 7.37. The number of carbonyl (C=O) groups excluding carboxylic acids is 2. The minimum atomic E-state index is -0.398. The van der Waals surface area contributed by atoms with Crippen molar-refractivity contribution in [3.8, 4) is 5.75 Å². The van der Waals surface area contributed by atoms with Crippen molar-refractivity contribution in [2.45, 2.75) is 18.8 Å². The highest BCUT2D eigenvalue weighted by molar-refractivity contribution is 6.08. The quantitative estimate of drug-likeness (QED) is 0.372. The van der Waals surface area contributed by atoms with Crippen molar-refractivity contribution in [2.24, 2.45) is 0 Å². The molecule has 4 heterocycles. The van der Waals surface area contributed by atoms with E-state index in [1.54, 1.807) is 7.11 Å². The number of para-hydroxylation sites is 1. The van der Waals surface area contributed by atoms with E-state index in [0.29, 0.717) is 13.1 Å². The van der Waals surface area contributed by atoms with Crippen LogP contribution in [0, 0.1) is 0 Å². The monoisotopic (exact) mass is 504 g/mol. The number of nitrogens with one attached hydrogen (secondary N) is 2. The molecule has 1 atom stereocenters. The van der Waals surface area contributed by atoms with Gasteiger partial charge in [0.05, 0.1) is 13.0 Å². The fourth-order valence-corrected chi connectivity index (χ4v) is 5.44. The molecule has 7 nitrogen and oxygen atoms in total. The lowest BCUT2D eigenvalue weighted by Crippen LogP contribution is -2.39. The summed E-state index contributed by atoms with van der Waals surface area (Å²) in [5.74, 6) is 0.291. The van der Waals surface area contributed by atoms with Crippen molar-refractivity contribution >= 4 is 51.6 Å². The topological polar surface area (TPSA) is 81.4 Å². The SMILES string of the molecule is COc1ccc2[nH]cc(C3=CCN(CCN4C(=O)CC(c5c[nH]c6ccccc56)C4=O)CC3)c2c1.Cl. The van der Waals surface area contributed by atoms with Gasteiger partial charge in [0.1, 0.15) is 5.75 Å². The van der Waals surface area contributed by atoms with E-state index in [1.807, 2.05) is 42.6 Å². The number of nitrogens with zero attached hydrogens (tertiary/aromatic N) is 2. The third-order valence-corrected chi connectivity index (χ3v) is 7.41. The first-order valence-electron chi connectivity index (χ1n) is 12.1. The Hall–Kier alpha value is -3.55. The normalized spacial score (nSPS) is 18.6. The number of methoxy groups -OCH3 is 1. The van der Waals surface area contributed by atoms with Crippen molar-refractivity contribution in [1.82, 2.24) is 19.8 Å². The van der Waals surface area contributed by atoms with Crippen LogP contribution in [0.2, 0.25) is 0 Å². The number of fused-ring (bicyclic) bond motifs is 2. The molecule has 2 aliphatic rings. The van der Waals surface area contributed by atoms with Gasteiger partial charge in [0.2, 0.25) is 11.8 Å². The Balaban J connectivity index is 0.00000267. The molecule has 0 spiro atoms. The van der Waals surface area contributed by atoms with Gasteiger partial charge in [-0.05, 0) is 41.8 Å². The van der Waals surface area contributed by atoms with E-state index in [-0.39, 0.29) is 30.6 Å². The standard InChI is InChI=1S/C28H28N4O3.ClH/c1-35-19-6-7-26-21(14-19)23(16-29-26)18-8-10-31(11-9-18)12-13-32-27(33)15-22(28(32)34)24-17-30-25-5-3-2-4-20(24)25;/h2-8,14,16-17,22,29-30H,9-13,15H2,1H3;1H. The summed E-state index contributed by atoms with van der Waals surface area (Å²) < 4.78 is 5.40. The maximum Gasteiger partial charge on any atom is 0.237 e. The number of H-pyrrole nitrogens is 2. The van der Waals surface area contributed by atoms with Gasteiger partial charge in [-0.25, -0.2) is 0 Å². The minimum Gasteiger partial charge on any atom is -0.497 e. The summed E-state index contributed by atoms with van der Waals surface area (Å²) in [5, 5.41) is 2.18. The van der Waals surface area contributed by atoms with Gasteiger partial charge in [-0.2, -0.15) is 0 Å². The number of ether oxygens (including phenoxy) is 1. The molecule has 6 rings (SSSR count). The van der Waals surface area contributed by atoms with E-state index in [1.165, 1.54) is 21.4 Å². The molecule has 2 aromatic carbocycles. The zero-order chi connectivity index (χ0) is 23.9. The van der Waals surface area contributed by atoms with Crippen LogP contribution in [-0.2, 0) is 9.59 Å². The molecule has 4 aromatic rings. The number of rotatable bonds is 6. The van der Waals surface area contributed by atoms with Gasteiger partial charge < -0.3 is 14.7 Å².